The van der Waals surface area contributed by atoms with E-state index in [2.05, 4.69) is 31.2 Å². The standard InChI is InChI=1S/C15H16O/c1-2-13-8-10-14(11-9-13)12-16-15-6-4-3-5-7-15/h3-11H,2,12H2,1H3. The fourth-order valence-corrected chi connectivity index (χ4v) is 1.55. The van der Waals surface area contributed by atoms with Crippen LogP contribution in [0.25, 0.3) is 0 Å². The van der Waals surface area contributed by atoms with Crippen LogP contribution in [0.15, 0.2) is 54.6 Å². The van der Waals surface area contributed by atoms with Gasteiger partial charge in [-0.3, -0.25) is 0 Å². The van der Waals surface area contributed by atoms with Crippen LogP contribution in [-0.4, -0.2) is 0 Å². The largest absolute Gasteiger partial charge is 0.489 e. The van der Waals surface area contributed by atoms with Crippen molar-refractivity contribution in [2.75, 3.05) is 0 Å². The zero-order valence-corrected chi connectivity index (χ0v) is 9.52. The van der Waals surface area contributed by atoms with Crippen molar-refractivity contribution in [1.29, 1.82) is 0 Å². The maximum absolute atomic E-state index is 5.67. The van der Waals surface area contributed by atoms with Crippen LogP contribution in [0.4, 0.5) is 0 Å². The molecule has 0 spiro atoms. The van der Waals surface area contributed by atoms with Crippen LogP contribution in [0, 0.1) is 0 Å². The minimum absolute atomic E-state index is 0.633. The molecule has 82 valence electrons. The van der Waals surface area contributed by atoms with Crippen molar-refractivity contribution in [3.05, 3.63) is 65.7 Å². The maximum atomic E-state index is 5.67. The summed E-state index contributed by atoms with van der Waals surface area (Å²) in [5.74, 6) is 0.919. The Bertz CT molecular complexity index is 417. The highest BCUT2D eigenvalue weighted by Gasteiger charge is 1.95. The number of rotatable bonds is 4. The first-order valence-corrected chi connectivity index (χ1v) is 5.64. The number of aryl methyl sites for hydroxylation is 1. The minimum atomic E-state index is 0.633. The summed E-state index contributed by atoms with van der Waals surface area (Å²) in [6.07, 6.45) is 1.08. The first-order chi connectivity index (χ1) is 7.88. The molecule has 0 heterocycles. The van der Waals surface area contributed by atoms with Gasteiger partial charge in [0.25, 0.3) is 0 Å². The van der Waals surface area contributed by atoms with Gasteiger partial charge in [-0.2, -0.15) is 0 Å². The molecule has 0 aromatic heterocycles. The summed E-state index contributed by atoms with van der Waals surface area (Å²) in [5.41, 5.74) is 2.57. The summed E-state index contributed by atoms with van der Waals surface area (Å²) in [6.45, 7) is 2.80. The van der Waals surface area contributed by atoms with Crippen LogP contribution in [-0.2, 0) is 13.0 Å². The molecule has 0 fully saturated rings. The van der Waals surface area contributed by atoms with Gasteiger partial charge in [0, 0.05) is 0 Å². The van der Waals surface area contributed by atoms with Crippen LogP contribution >= 0.6 is 0 Å². The van der Waals surface area contributed by atoms with Crippen molar-refractivity contribution in [3.8, 4) is 5.75 Å². The molecule has 0 radical (unpaired) electrons. The molecule has 1 nitrogen and oxygen atoms in total. The van der Waals surface area contributed by atoms with Gasteiger partial charge in [-0.1, -0.05) is 49.4 Å². The van der Waals surface area contributed by atoms with E-state index in [1.54, 1.807) is 0 Å². The predicted octanol–water partition coefficient (Wildman–Crippen LogP) is 3.83. The summed E-state index contributed by atoms with van der Waals surface area (Å²) in [7, 11) is 0. The Morgan fingerprint density at radius 2 is 1.44 bits per heavy atom. The monoisotopic (exact) mass is 212 g/mol. The van der Waals surface area contributed by atoms with Crippen molar-refractivity contribution in [2.24, 2.45) is 0 Å². The third-order valence-electron chi connectivity index (χ3n) is 2.58. The lowest BCUT2D eigenvalue weighted by Gasteiger charge is -2.06. The molecule has 0 saturated heterocycles. The van der Waals surface area contributed by atoms with Crippen molar-refractivity contribution in [1.82, 2.24) is 0 Å². The van der Waals surface area contributed by atoms with Gasteiger partial charge in [-0.15, -0.1) is 0 Å². The number of ether oxygens (including phenoxy) is 1. The molecule has 2 aromatic rings. The van der Waals surface area contributed by atoms with Gasteiger partial charge in [-0.05, 0) is 29.7 Å². The van der Waals surface area contributed by atoms with Crippen LogP contribution in [0.2, 0.25) is 0 Å². The molecular formula is C15H16O. The minimum Gasteiger partial charge on any atom is -0.489 e. The fourth-order valence-electron chi connectivity index (χ4n) is 1.55. The Hall–Kier alpha value is -1.76. The number of benzene rings is 2. The second-order valence-corrected chi connectivity index (χ2v) is 3.77. The summed E-state index contributed by atoms with van der Waals surface area (Å²) in [4.78, 5) is 0. The lowest BCUT2D eigenvalue weighted by atomic mass is 10.1. The Morgan fingerprint density at radius 3 is 2.06 bits per heavy atom. The van der Waals surface area contributed by atoms with Crippen LogP contribution in [0.5, 0.6) is 5.75 Å². The van der Waals surface area contributed by atoms with Gasteiger partial charge < -0.3 is 4.74 Å². The number of para-hydroxylation sites is 1. The molecule has 1 heteroatoms. The molecule has 2 aromatic carbocycles. The van der Waals surface area contributed by atoms with Gasteiger partial charge >= 0.3 is 0 Å². The van der Waals surface area contributed by atoms with E-state index in [9.17, 15) is 0 Å². The SMILES string of the molecule is CCc1ccc(COc2ccccc2)cc1. The van der Waals surface area contributed by atoms with Gasteiger partial charge in [0.05, 0.1) is 0 Å². The van der Waals surface area contributed by atoms with Gasteiger partial charge in [0.1, 0.15) is 12.4 Å². The smallest absolute Gasteiger partial charge is 0.119 e. The molecule has 0 aliphatic carbocycles. The number of hydrogen-bond donors (Lipinski definition) is 0. The van der Waals surface area contributed by atoms with Gasteiger partial charge in [-0.25, -0.2) is 0 Å². The van der Waals surface area contributed by atoms with E-state index in [1.165, 1.54) is 11.1 Å². The van der Waals surface area contributed by atoms with E-state index < -0.39 is 0 Å². The van der Waals surface area contributed by atoms with Crippen molar-refractivity contribution < 1.29 is 4.74 Å². The maximum Gasteiger partial charge on any atom is 0.119 e. The van der Waals surface area contributed by atoms with Crippen molar-refractivity contribution in [3.63, 3.8) is 0 Å². The Balaban J connectivity index is 1.94. The molecule has 0 aliphatic rings. The van der Waals surface area contributed by atoms with Crippen LogP contribution < -0.4 is 4.74 Å². The van der Waals surface area contributed by atoms with E-state index in [0.29, 0.717) is 6.61 Å². The Morgan fingerprint density at radius 1 is 0.812 bits per heavy atom. The lowest BCUT2D eigenvalue weighted by Crippen LogP contribution is -1.95. The average molecular weight is 212 g/mol. The normalized spacial score (nSPS) is 10.1. The molecular weight excluding hydrogens is 196 g/mol. The van der Waals surface area contributed by atoms with E-state index >= 15 is 0 Å². The third-order valence-corrected chi connectivity index (χ3v) is 2.58. The molecule has 16 heavy (non-hydrogen) atoms. The summed E-state index contributed by atoms with van der Waals surface area (Å²) >= 11 is 0. The Kier molecular flexibility index (Phi) is 3.60. The summed E-state index contributed by atoms with van der Waals surface area (Å²) in [5, 5.41) is 0. The van der Waals surface area contributed by atoms with Gasteiger partial charge in [0.2, 0.25) is 0 Å². The molecule has 0 N–H and O–H groups in total. The fraction of sp³-hybridized carbons (Fsp3) is 0.200. The number of hydrogen-bond acceptors (Lipinski definition) is 1. The third kappa shape index (κ3) is 2.86. The topological polar surface area (TPSA) is 9.23 Å². The lowest BCUT2D eigenvalue weighted by molar-refractivity contribution is 0.306. The van der Waals surface area contributed by atoms with E-state index in [0.717, 1.165) is 12.2 Å². The summed E-state index contributed by atoms with van der Waals surface area (Å²) < 4.78 is 5.67. The van der Waals surface area contributed by atoms with E-state index in [4.69, 9.17) is 4.74 Å². The highest BCUT2D eigenvalue weighted by atomic mass is 16.5. The van der Waals surface area contributed by atoms with Crippen LogP contribution in [0.1, 0.15) is 18.1 Å². The molecule has 0 aliphatic heterocycles. The van der Waals surface area contributed by atoms with Crippen molar-refractivity contribution >= 4 is 0 Å². The van der Waals surface area contributed by atoms with Gasteiger partial charge in [0.15, 0.2) is 0 Å². The quantitative estimate of drug-likeness (QED) is 0.748. The first kappa shape index (κ1) is 10.7. The zero-order valence-electron chi connectivity index (χ0n) is 9.52. The average Bonchev–Trinajstić information content (AvgIpc) is 2.38. The molecule has 0 unspecified atom stereocenters. The summed E-state index contributed by atoms with van der Waals surface area (Å²) in [6, 6.07) is 18.5. The highest BCUT2D eigenvalue weighted by molar-refractivity contribution is 5.24. The molecule has 0 bridgehead atoms. The second kappa shape index (κ2) is 5.36. The second-order valence-electron chi connectivity index (χ2n) is 3.77. The highest BCUT2D eigenvalue weighted by Crippen LogP contribution is 2.12. The molecule has 2 rings (SSSR count). The first-order valence-electron chi connectivity index (χ1n) is 5.64. The molecule has 0 amide bonds. The van der Waals surface area contributed by atoms with Crippen LogP contribution in [0.3, 0.4) is 0 Å². The Labute approximate surface area is 96.7 Å². The van der Waals surface area contributed by atoms with Crippen molar-refractivity contribution in [2.45, 2.75) is 20.0 Å². The molecule has 0 atom stereocenters. The molecule has 0 saturated carbocycles. The van der Waals surface area contributed by atoms with E-state index in [-0.39, 0.29) is 0 Å². The zero-order chi connectivity index (χ0) is 11.2. The van der Waals surface area contributed by atoms with E-state index in [1.807, 2.05) is 30.3 Å². The predicted molar refractivity (Wildman–Crippen MR) is 66.6 cm³/mol.